The molecule has 1 unspecified atom stereocenters. The van der Waals surface area contributed by atoms with Gasteiger partial charge in [0.05, 0.1) is 12.7 Å². The first-order chi connectivity index (χ1) is 8.73. The Morgan fingerprint density at radius 2 is 2.06 bits per heavy atom. The van der Waals surface area contributed by atoms with Crippen molar-refractivity contribution in [3.63, 3.8) is 0 Å². The van der Waals surface area contributed by atoms with Crippen LogP contribution in [-0.2, 0) is 26.5 Å². The van der Waals surface area contributed by atoms with Crippen LogP contribution in [0.15, 0.2) is 18.2 Å². The number of carbonyl (C=O) groups is 1. The lowest BCUT2D eigenvalue weighted by Crippen LogP contribution is -2.36. The second-order valence-corrected chi connectivity index (χ2v) is 4.37. The number of rotatable bonds is 5. The average molecular weight is 250 g/mol. The lowest BCUT2D eigenvalue weighted by Gasteiger charge is -2.33. The Morgan fingerprint density at radius 3 is 2.61 bits per heavy atom. The molecule has 1 aliphatic rings. The van der Waals surface area contributed by atoms with Crippen LogP contribution in [0.3, 0.4) is 0 Å². The summed E-state index contributed by atoms with van der Waals surface area (Å²) in [7, 11) is 4.82. The monoisotopic (exact) mass is 250 g/mol. The third-order valence-corrected chi connectivity index (χ3v) is 3.67. The number of carbonyl (C=O) groups excluding carboxylic acids is 1. The number of hydrogen-bond acceptors (Lipinski definition) is 4. The molecule has 0 aliphatic heterocycles. The van der Waals surface area contributed by atoms with Gasteiger partial charge in [-0.1, -0.05) is 12.1 Å². The highest BCUT2D eigenvalue weighted by Gasteiger charge is 2.49. The van der Waals surface area contributed by atoms with Crippen LogP contribution in [0.2, 0.25) is 0 Å². The molecule has 0 saturated carbocycles. The second kappa shape index (κ2) is 5.08. The Hall–Kier alpha value is -1.39. The molecule has 0 amide bonds. The SMILES string of the molecule is COc1cccc2c1C(OC)(OC)C(CC=O)C2. The van der Waals surface area contributed by atoms with Crippen molar-refractivity contribution in [2.75, 3.05) is 21.3 Å². The van der Waals surface area contributed by atoms with Crippen molar-refractivity contribution in [3.8, 4) is 5.75 Å². The Bertz CT molecular complexity index is 437. The van der Waals surface area contributed by atoms with Crippen LogP contribution in [0.1, 0.15) is 17.5 Å². The summed E-state index contributed by atoms with van der Waals surface area (Å²) in [6.45, 7) is 0. The Kier molecular flexibility index (Phi) is 3.68. The average Bonchev–Trinajstić information content (AvgIpc) is 2.73. The van der Waals surface area contributed by atoms with Gasteiger partial charge in [0.2, 0.25) is 5.79 Å². The molecule has 0 fully saturated rings. The summed E-state index contributed by atoms with van der Waals surface area (Å²) in [4.78, 5) is 10.8. The highest BCUT2D eigenvalue weighted by Crippen LogP contribution is 2.49. The Labute approximate surface area is 107 Å². The molecule has 1 aromatic carbocycles. The van der Waals surface area contributed by atoms with E-state index in [1.807, 2.05) is 18.2 Å². The maximum atomic E-state index is 10.8. The van der Waals surface area contributed by atoms with Gasteiger partial charge in [-0.05, 0) is 18.1 Å². The van der Waals surface area contributed by atoms with Gasteiger partial charge in [-0.25, -0.2) is 0 Å². The summed E-state index contributed by atoms with van der Waals surface area (Å²) in [6, 6.07) is 5.85. The van der Waals surface area contributed by atoms with Gasteiger partial charge in [-0.15, -0.1) is 0 Å². The van der Waals surface area contributed by atoms with Crippen molar-refractivity contribution < 1.29 is 19.0 Å². The summed E-state index contributed by atoms with van der Waals surface area (Å²) >= 11 is 0. The maximum Gasteiger partial charge on any atom is 0.201 e. The van der Waals surface area contributed by atoms with Crippen molar-refractivity contribution >= 4 is 6.29 Å². The van der Waals surface area contributed by atoms with Crippen LogP contribution in [0, 0.1) is 5.92 Å². The van der Waals surface area contributed by atoms with Gasteiger partial charge >= 0.3 is 0 Å². The minimum Gasteiger partial charge on any atom is -0.496 e. The molecule has 0 N–H and O–H groups in total. The summed E-state index contributed by atoms with van der Waals surface area (Å²) in [5.41, 5.74) is 2.02. The van der Waals surface area contributed by atoms with E-state index in [4.69, 9.17) is 14.2 Å². The Balaban J connectivity index is 2.57. The molecule has 0 radical (unpaired) electrons. The molecular weight excluding hydrogens is 232 g/mol. The van der Waals surface area contributed by atoms with E-state index >= 15 is 0 Å². The predicted octanol–water partition coefficient (Wildman–Crippen LogP) is 1.90. The van der Waals surface area contributed by atoms with Gasteiger partial charge in [0.25, 0.3) is 0 Å². The third kappa shape index (κ3) is 1.72. The zero-order chi connectivity index (χ0) is 13.2. The minimum absolute atomic E-state index is 0.0173. The topological polar surface area (TPSA) is 44.8 Å². The molecule has 0 aromatic heterocycles. The molecule has 0 heterocycles. The van der Waals surface area contributed by atoms with E-state index in [0.29, 0.717) is 6.42 Å². The molecule has 0 saturated heterocycles. The summed E-state index contributed by atoms with van der Waals surface area (Å²) in [5, 5.41) is 0. The van der Waals surface area contributed by atoms with Gasteiger partial charge in [-0.3, -0.25) is 0 Å². The van der Waals surface area contributed by atoms with Crippen LogP contribution in [0.4, 0.5) is 0 Å². The normalized spacial score (nSPS) is 20.5. The molecule has 1 aromatic rings. The molecule has 1 atom stereocenters. The van der Waals surface area contributed by atoms with Gasteiger partial charge < -0.3 is 19.0 Å². The first-order valence-electron chi connectivity index (χ1n) is 5.93. The summed E-state index contributed by atoms with van der Waals surface area (Å²) < 4.78 is 16.6. The van der Waals surface area contributed by atoms with Crippen LogP contribution in [0.5, 0.6) is 5.75 Å². The van der Waals surface area contributed by atoms with Gasteiger partial charge in [0.15, 0.2) is 0 Å². The van der Waals surface area contributed by atoms with E-state index in [0.717, 1.165) is 29.6 Å². The molecule has 1 aliphatic carbocycles. The lowest BCUT2D eigenvalue weighted by atomic mass is 9.95. The van der Waals surface area contributed by atoms with E-state index in [9.17, 15) is 4.79 Å². The predicted molar refractivity (Wildman–Crippen MR) is 66.6 cm³/mol. The smallest absolute Gasteiger partial charge is 0.201 e. The Morgan fingerprint density at radius 1 is 1.33 bits per heavy atom. The number of methoxy groups -OCH3 is 3. The second-order valence-electron chi connectivity index (χ2n) is 4.37. The highest BCUT2D eigenvalue weighted by molar-refractivity contribution is 5.54. The standard InChI is InChI=1S/C14H18O4/c1-16-12-6-4-5-10-9-11(7-8-15)14(17-2,18-3)13(10)12/h4-6,8,11H,7,9H2,1-3H3. The first-order valence-corrected chi connectivity index (χ1v) is 5.93. The van der Waals surface area contributed by atoms with Crippen LogP contribution in [0.25, 0.3) is 0 Å². The third-order valence-electron chi connectivity index (χ3n) is 3.67. The van der Waals surface area contributed by atoms with E-state index < -0.39 is 5.79 Å². The van der Waals surface area contributed by atoms with Gasteiger partial charge in [0, 0.05) is 26.6 Å². The summed E-state index contributed by atoms with van der Waals surface area (Å²) in [5.74, 6) is -0.163. The fraction of sp³-hybridized carbons (Fsp3) is 0.500. The zero-order valence-corrected chi connectivity index (χ0v) is 10.9. The molecule has 98 valence electrons. The van der Waals surface area contributed by atoms with Crippen LogP contribution < -0.4 is 4.74 Å². The number of hydrogen-bond donors (Lipinski definition) is 0. The largest absolute Gasteiger partial charge is 0.496 e. The molecule has 0 spiro atoms. The summed E-state index contributed by atoms with van der Waals surface area (Å²) in [6.07, 6.45) is 2.07. The molecule has 4 heteroatoms. The maximum absolute atomic E-state index is 10.8. The van der Waals surface area contributed by atoms with Crippen molar-refractivity contribution in [3.05, 3.63) is 29.3 Å². The van der Waals surface area contributed by atoms with Crippen molar-refractivity contribution in [1.82, 2.24) is 0 Å². The molecule has 2 rings (SSSR count). The number of ether oxygens (including phenoxy) is 3. The molecular formula is C14H18O4. The number of aldehydes is 1. The van der Waals surface area contributed by atoms with E-state index in [1.54, 1.807) is 21.3 Å². The van der Waals surface area contributed by atoms with E-state index in [2.05, 4.69) is 0 Å². The molecule has 18 heavy (non-hydrogen) atoms. The van der Waals surface area contributed by atoms with E-state index in [1.165, 1.54) is 0 Å². The fourth-order valence-corrected chi connectivity index (χ4v) is 2.89. The zero-order valence-electron chi connectivity index (χ0n) is 10.9. The van der Waals surface area contributed by atoms with Gasteiger partial charge in [-0.2, -0.15) is 0 Å². The number of fused-ring (bicyclic) bond motifs is 1. The fourth-order valence-electron chi connectivity index (χ4n) is 2.89. The van der Waals surface area contributed by atoms with Gasteiger partial charge in [0.1, 0.15) is 12.0 Å². The van der Waals surface area contributed by atoms with Crippen LogP contribution in [-0.4, -0.2) is 27.6 Å². The highest BCUT2D eigenvalue weighted by atomic mass is 16.7. The molecule has 0 bridgehead atoms. The lowest BCUT2D eigenvalue weighted by molar-refractivity contribution is -0.243. The molecule has 4 nitrogen and oxygen atoms in total. The first kappa shape index (κ1) is 13.1. The van der Waals surface area contributed by atoms with E-state index in [-0.39, 0.29) is 5.92 Å². The quantitative estimate of drug-likeness (QED) is 0.591. The van der Waals surface area contributed by atoms with Crippen LogP contribution >= 0.6 is 0 Å². The van der Waals surface area contributed by atoms with Crippen molar-refractivity contribution in [2.45, 2.75) is 18.6 Å². The van der Waals surface area contributed by atoms with Crippen molar-refractivity contribution in [2.24, 2.45) is 5.92 Å². The number of benzene rings is 1. The van der Waals surface area contributed by atoms with Crippen molar-refractivity contribution in [1.29, 1.82) is 0 Å². The minimum atomic E-state index is -0.886.